The predicted molar refractivity (Wildman–Crippen MR) is 90.0 cm³/mol. The Balaban J connectivity index is 1.81. The van der Waals surface area contributed by atoms with E-state index in [0.717, 1.165) is 11.6 Å². The standard InChI is InChI=1S/C17H16N4S/c1-11-5-6-13(8-12(11)2)14-9-15(16-4-3-7-22-16)21-17(20-14)18-10-19-21/h3-10,15H,1-2H3,(H,18,19,20)/t15-/m0/s1. The molecule has 4 rings (SSSR count). The summed E-state index contributed by atoms with van der Waals surface area (Å²) in [5.41, 5.74) is 4.86. The lowest BCUT2D eigenvalue weighted by atomic mass is 10.0. The van der Waals surface area contributed by atoms with Crippen LogP contribution < -0.4 is 5.32 Å². The summed E-state index contributed by atoms with van der Waals surface area (Å²) < 4.78 is 1.93. The van der Waals surface area contributed by atoms with E-state index < -0.39 is 0 Å². The van der Waals surface area contributed by atoms with Crippen LogP contribution in [0.1, 0.15) is 27.6 Å². The van der Waals surface area contributed by atoms with Gasteiger partial charge in [0.2, 0.25) is 5.95 Å². The van der Waals surface area contributed by atoms with Crippen LogP contribution in [0.2, 0.25) is 0 Å². The molecule has 0 spiro atoms. The molecular formula is C17H16N4S. The van der Waals surface area contributed by atoms with Crippen LogP contribution in [-0.4, -0.2) is 14.8 Å². The third-order valence-electron chi connectivity index (χ3n) is 4.06. The molecule has 0 saturated heterocycles. The van der Waals surface area contributed by atoms with Gasteiger partial charge >= 0.3 is 0 Å². The molecule has 2 aromatic heterocycles. The van der Waals surface area contributed by atoms with Gasteiger partial charge in [-0.3, -0.25) is 0 Å². The Morgan fingerprint density at radius 3 is 2.86 bits per heavy atom. The highest BCUT2D eigenvalue weighted by atomic mass is 32.1. The summed E-state index contributed by atoms with van der Waals surface area (Å²) in [6.45, 7) is 4.27. The van der Waals surface area contributed by atoms with Crippen LogP contribution in [0.5, 0.6) is 0 Å². The van der Waals surface area contributed by atoms with Gasteiger partial charge in [-0.05, 0) is 54.1 Å². The van der Waals surface area contributed by atoms with E-state index in [0.29, 0.717) is 0 Å². The number of aromatic nitrogens is 3. The molecule has 1 N–H and O–H groups in total. The van der Waals surface area contributed by atoms with Crippen LogP contribution in [0.15, 0.2) is 48.1 Å². The molecule has 0 amide bonds. The van der Waals surface area contributed by atoms with Crippen molar-refractivity contribution in [1.29, 1.82) is 0 Å². The molecule has 3 aromatic rings. The van der Waals surface area contributed by atoms with Crippen molar-refractivity contribution in [2.24, 2.45) is 0 Å². The quantitative estimate of drug-likeness (QED) is 0.778. The first kappa shape index (κ1) is 13.3. The summed E-state index contributed by atoms with van der Waals surface area (Å²) in [5, 5.41) is 9.84. The fourth-order valence-corrected chi connectivity index (χ4v) is 3.45. The zero-order valence-corrected chi connectivity index (χ0v) is 13.3. The van der Waals surface area contributed by atoms with Gasteiger partial charge in [0, 0.05) is 10.6 Å². The molecule has 22 heavy (non-hydrogen) atoms. The highest BCUT2D eigenvalue weighted by Gasteiger charge is 2.24. The molecule has 0 unspecified atom stereocenters. The Bertz CT molecular complexity index is 845. The van der Waals surface area contributed by atoms with Crippen LogP contribution in [0.3, 0.4) is 0 Å². The maximum Gasteiger partial charge on any atom is 0.226 e. The van der Waals surface area contributed by atoms with E-state index in [1.807, 2.05) is 4.68 Å². The van der Waals surface area contributed by atoms with Gasteiger partial charge in [0.25, 0.3) is 0 Å². The van der Waals surface area contributed by atoms with Gasteiger partial charge in [0.1, 0.15) is 12.4 Å². The van der Waals surface area contributed by atoms with Crippen LogP contribution in [0.4, 0.5) is 5.95 Å². The van der Waals surface area contributed by atoms with Gasteiger partial charge in [-0.25, -0.2) is 4.68 Å². The first-order chi connectivity index (χ1) is 10.7. The van der Waals surface area contributed by atoms with Crippen LogP contribution in [-0.2, 0) is 0 Å². The van der Waals surface area contributed by atoms with Crippen LogP contribution >= 0.6 is 11.3 Å². The minimum absolute atomic E-state index is 0.0929. The molecule has 0 bridgehead atoms. The molecule has 0 fully saturated rings. The molecule has 0 saturated carbocycles. The van der Waals surface area contributed by atoms with Gasteiger partial charge < -0.3 is 5.32 Å². The molecule has 1 atom stereocenters. The minimum atomic E-state index is 0.0929. The number of benzene rings is 1. The van der Waals surface area contributed by atoms with Crippen LogP contribution in [0, 0.1) is 13.8 Å². The number of rotatable bonds is 2. The summed E-state index contributed by atoms with van der Waals surface area (Å²) >= 11 is 1.74. The first-order valence-corrected chi connectivity index (χ1v) is 8.10. The Labute approximate surface area is 133 Å². The second-order valence-electron chi connectivity index (χ2n) is 5.49. The molecule has 3 heterocycles. The number of aryl methyl sites for hydroxylation is 2. The Kier molecular flexibility index (Phi) is 3.08. The third kappa shape index (κ3) is 2.14. The van der Waals surface area contributed by atoms with Crippen molar-refractivity contribution in [3.05, 3.63) is 69.7 Å². The molecule has 1 aliphatic rings. The number of fused-ring (bicyclic) bond motifs is 1. The van der Waals surface area contributed by atoms with E-state index in [2.05, 4.69) is 71.0 Å². The molecule has 110 valence electrons. The Morgan fingerprint density at radius 1 is 1.18 bits per heavy atom. The summed E-state index contributed by atoms with van der Waals surface area (Å²) in [5.74, 6) is 0.786. The van der Waals surface area contributed by atoms with E-state index in [4.69, 9.17) is 0 Å². The topological polar surface area (TPSA) is 42.7 Å². The van der Waals surface area contributed by atoms with Crippen molar-refractivity contribution >= 4 is 23.0 Å². The normalized spacial score (nSPS) is 16.8. The molecule has 1 aromatic carbocycles. The fourth-order valence-electron chi connectivity index (χ4n) is 2.67. The van der Waals surface area contributed by atoms with Gasteiger partial charge in [-0.15, -0.1) is 11.3 Å². The van der Waals surface area contributed by atoms with E-state index in [1.54, 1.807) is 17.7 Å². The summed E-state index contributed by atoms with van der Waals surface area (Å²) in [6, 6.07) is 10.8. The van der Waals surface area contributed by atoms with E-state index in [-0.39, 0.29) is 6.04 Å². The lowest BCUT2D eigenvalue weighted by molar-refractivity contribution is 0.620. The van der Waals surface area contributed by atoms with Crippen LogP contribution in [0.25, 0.3) is 5.70 Å². The van der Waals surface area contributed by atoms with Gasteiger partial charge in [-0.1, -0.05) is 18.2 Å². The van der Waals surface area contributed by atoms with E-state index in [9.17, 15) is 0 Å². The molecule has 1 aliphatic heterocycles. The van der Waals surface area contributed by atoms with Crippen molar-refractivity contribution in [2.45, 2.75) is 19.9 Å². The maximum atomic E-state index is 4.36. The molecule has 4 nitrogen and oxygen atoms in total. The number of hydrogen-bond donors (Lipinski definition) is 1. The number of allylic oxidation sites excluding steroid dienone is 1. The highest BCUT2D eigenvalue weighted by molar-refractivity contribution is 7.10. The molecule has 5 heteroatoms. The number of nitrogens with one attached hydrogen (secondary N) is 1. The average molecular weight is 308 g/mol. The molecule has 0 radical (unpaired) electrons. The summed E-state index contributed by atoms with van der Waals surface area (Å²) in [7, 11) is 0. The SMILES string of the molecule is Cc1ccc(C2=C[C@@H](c3cccs3)n3ncnc3N2)cc1C. The van der Waals surface area contributed by atoms with Crippen molar-refractivity contribution in [1.82, 2.24) is 14.8 Å². The maximum absolute atomic E-state index is 4.36. The number of nitrogens with zero attached hydrogens (tertiary/aromatic N) is 3. The summed E-state index contributed by atoms with van der Waals surface area (Å²) in [6.07, 6.45) is 3.82. The number of thiophene rings is 1. The smallest absolute Gasteiger partial charge is 0.226 e. The van der Waals surface area contributed by atoms with E-state index >= 15 is 0 Å². The third-order valence-corrected chi connectivity index (χ3v) is 5.00. The largest absolute Gasteiger partial charge is 0.324 e. The highest BCUT2D eigenvalue weighted by Crippen LogP contribution is 2.34. The van der Waals surface area contributed by atoms with Crippen molar-refractivity contribution in [3.63, 3.8) is 0 Å². The van der Waals surface area contributed by atoms with Gasteiger partial charge in [-0.2, -0.15) is 10.1 Å². The lowest BCUT2D eigenvalue weighted by Crippen LogP contribution is -2.19. The number of anilines is 1. The zero-order chi connectivity index (χ0) is 15.1. The molecule has 0 aliphatic carbocycles. The van der Waals surface area contributed by atoms with E-state index in [1.165, 1.54) is 21.6 Å². The Morgan fingerprint density at radius 2 is 2.09 bits per heavy atom. The second kappa shape index (κ2) is 5.10. The Hall–Kier alpha value is -2.40. The van der Waals surface area contributed by atoms with Gasteiger partial charge in [0.05, 0.1) is 0 Å². The fraction of sp³-hybridized carbons (Fsp3) is 0.176. The van der Waals surface area contributed by atoms with Crippen molar-refractivity contribution in [2.75, 3.05) is 5.32 Å². The van der Waals surface area contributed by atoms with Crippen molar-refractivity contribution in [3.8, 4) is 0 Å². The zero-order valence-electron chi connectivity index (χ0n) is 12.4. The first-order valence-electron chi connectivity index (χ1n) is 7.22. The monoisotopic (exact) mass is 308 g/mol. The van der Waals surface area contributed by atoms with Crippen molar-refractivity contribution < 1.29 is 0 Å². The second-order valence-corrected chi connectivity index (χ2v) is 6.47. The average Bonchev–Trinajstić information content (AvgIpc) is 3.19. The summed E-state index contributed by atoms with van der Waals surface area (Å²) in [4.78, 5) is 5.60. The lowest BCUT2D eigenvalue weighted by Gasteiger charge is -2.23. The number of hydrogen-bond acceptors (Lipinski definition) is 4. The predicted octanol–water partition coefficient (Wildman–Crippen LogP) is 4.01. The minimum Gasteiger partial charge on any atom is -0.324 e. The molecular weight excluding hydrogens is 292 g/mol. The van der Waals surface area contributed by atoms with Gasteiger partial charge in [0.15, 0.2) is 0 Å².